The first-order chi connectivity index (χ1) is 16.0. The standard InChI is InChI=1S/C26H22N2O4S/c1-32-22-11-10-18-7-4-5-9-20(18)21(22)14-23-25(30)28(26(31)33-23)16-24(29)27-13-12-17-6-2-3-8-19(17)15-27/h2-11,14H,12-13,15-16H2,1H3/b23-14+. The maximum Gasteiger partial charge on any atom is 0.294 e. The van der Waals surface area contributed by atoms with Crippen molar-refractivity contribution in [2.75, 3.05) is 20.2 Å². The Balaban J connectivity index is 1.38. The Morgan fingerprint density at radius 3 is 2.61 bits per heavy atom. The van der Waals surface area contributed by atoms with Crippen molar-refractivity contribution in [3.05, 3.63) is 82.3 Å². The molecular formula is C26H22N2O4S. The Bertz CT molecular complexity index is 1320. The predicted octanol–water partition coefficient (Wildman–Crippen LogP) is 4.47. The number of thioether (sulfide) groups is 1. The van der Waals surface area contributed by atoms with E-state index in [2.05, 4.69) is 6.07 Å². The molecular weight excluding hydrogens is 436 g/mol. The molecule has 5 rings (SSSR count). The van der Waals surface area contributed by atoms with Gasteiger partial charge in [0.2, 0.25) is 5.91 Å². The largest absolute Gasteiger partial charge is 0.496 e. The lowest BCUT2D eigenvalue weighted by molar-refractivity contribution is -0.136. The number of carbonyl (C=O) groups is 3. The molecule has 0 N–H and O–H groups in total. The van der Waals surface area contributed by atoms with E-state index < -0.39 is 11.1 Å². The smallest absolute Gasteiger partial charge is 0.294 e. The highest BCUT2D eigenvalue weighted by atomic mass is 32.2. The van der Waals surface area contributed by atoms with Crippen molar-refractivity contribution in [1.29, 1.82) is 0 Å². The van der Waals surface area contributed by atoms with Gasteiger partial charge in [-0.15, -0.1) is 0 Å². The summed E-state index contributed by atoms with van der Waals surface area (Å²) in [6, 6.07) is 19.6. The van der Waals surface area contributed by atoms with Gasteiger partial charge >= 0.3 is 0 Å². The number of nitrogens with zero attached hydrogens (tertiary/aromatic N) is 2. The molecule has 3 aromatic carbocycles. The molecule has 0 atom stereocenters. The summed E-state index contributed by atoms with van der Waals surface area (Å²) >= 11 is 0.854. The molecule has 0 aliphatic carbocycles. The molecule has 2 heterocycles. The van der Waals surface area contributed by atoms with Crippen molar-refractivity contribution < 1.29 is 19.1 Å². The van der Waals surface area contributed by atoms with Gasteiger partial charge in [-0.05, 0) is 52.2 Å². The van der Waals surface area contributed by atoms with Crippen LogP contribution in [0.4, 0.5) is 4.79 Å². The van der Waals surface area contributed by atoms with Gasteiger partial charge in [-0.3, -0.25) is 19.3 Å². The Morgan fingerprint density at radius 1 is 1.03 bits per heavy atom. The van der Waals surface area contributed by atoms with Crippen molar-refractivity contribution in [2.24, 2.45) is 0 Å². The Hall–Kier alpha value is -3.58. The minimum atomic E-state index is -0.453. The summed E-state index contributed by atoms with van der Waals surface area (Å²) in [5.41, 5.74) is 3.08. The van der Waals surface area contributed by atoms with Crippen LogP contribution in [0.15, 0.2) is 65.6 Å². The molecule has 1 fully saturated rings. The average molecular weight is 459 g/mol. The zero-order valence-electron chi connectivity index (χ0n) is 18.1. The normalized spacial score (nSPS) is 17.1. The lowest BCUT2D eigenvalue weighted by Crippen LogP contribution is -2.44. The van der Waals surface area contributed by atoms with Crippen molar-refractivity contribution in [1.82, 2.24) is 9.80 Å². The van der Waals surface area contributed by atoms with Gasteiger partial charge in [0, 0.05) is 18.7 Å². The van der Waals surface area contributed by atoms with E-state index in [1.165, 1.54) is 5.56 Å². The summed E-state index contributed by atoms with van der Waals surface area (Å²) in [4.78, 5) is 41.7. The van der Waals surface area contributed by atoms with Gasteiger partial charge in [0.05, 0.1) is 12.0 Å². The third kappa shape index (κ3) is 4.00. The molecule has 3 aromatic rings. The van der Waals surface area contributed by atoms with Crippen LogP contribution in [0.25, 0.3) is 16.8 Å². The summed E-state index contributed by atoms with van der Waals surface area (Å²) in [5.74, 6) is -0.0647. The zero-order valence-corrected chi connectivity index (χ0v) is 18.9. The van der Waals surface area contributed by atoms with Gasteiger partial charge in [0.1, 0.15) is 12.3 Å². The predicted molar refractivity (Wildman–Crippen MR) is 129 cm³/mol. The quantitative estimate of drug-likeness (QED) is 0.540. The summed E-state index contributed by atoms with van der Waals surface area (Å²) in [5, 5.41) is 1.49. The van der Waals surface area contributed by atoms with Crippen molar-refractivity contribution in [2.45, 2.75) is 13.0 Å². The van der Waals surface area contributed by atoms with E-state index >= 15 is 0 Å². The summed E-state index contributed by atoms with van der Waals surface area (Å²) in [6.07, 6.45) is 2.46. The van der Waals surface area contributed by atoms with Crippen LogP contribution in [0.3, 0.4) is 0 Å². The lowest BCUT2D eigenvalue weighted by Gasteiger charge is -2.29. The minimum Gasteiger partial charge on any atom is -0.496 e. The number of rotatable bonds is 4. The summed E-state index contributed by atoms with van der Waals surface area (Å²) in [6.45, 7) is 0.820. The first-order valence-electron chi connectivity index (χ1n) is 10.7. The van der Waals surface area contributed by atoms with Crippen LogP contribution in [0, 0.1) is 0 Å². The molecule has 33 heavy (non-hydrogen) atoms. The van der Waals surface area contributed by atoms with Crippen molar-refractivity contribution in [3.8, 4) is 5.75 Å². The lowest BCUT2D eigenvalue weighted by atomic mass is 10.00. The van der Waals surface area contributed by atoms with E-state index in [9.17, 15) is 14.4 Å². The monoisotopic (exact) mass is 458 g/mol. The average Bonchev–Trinajstić information content (AvgIpc) is 3.11. The maximum atomic E-state index is 13.1. The zero-order chi connectivity index (χ0) is 22.9. The van der Waals surface area contributed by atoms with Gasteiger partial charge < -0.3 is 9.64 Å². The molecule has 0 radical (unpaired) electrons. The highest BCUT2D eigenvalue weighted by molar-refractivity contribution is 8.18. The highest BCUT2D eigenvalue weighted by Crippen LogP contribution is 2.36. The number of ether oxygens (including phenoxy) is 1. The second-order valence-electron chi connectivity index (χ2n) is 8.00. The molecule has 0 aromatic heterocycles. The SMILES string of the molecule is COc1ccc2ccccc2c1/C=C1/SC(=O)N(CC(=O)N2CCc3ccccc3C2)C1=O. The topological polar surface area (TPSA) is 66.9 Å². The van der Waals surface area contributed by atoms with Gasteiger partial charge in [-0.2, -0.15) is 0 Å². The van der Waals surface area contributed by atoms with E-state index in [0.717, 1.165) is 45.0 Å². The second-order valence-corrected chi connectivity index (χ2v) is 9.00. The highest BCUT2D eigenvalue weighted by Gasteiger charge is 2.37. The van der Waals surface area contributed by atoms with Gasteiger partial charge in [0.15, 0.2) is 0 Å². The fourth-order valence-electron chi connectivity index (χ4n) is 4.31. The number of carbonyl (C=O) groups excluding carboxylic acids is 3. The number of methoxy groups -OCH3 is 1. The van der Waals surface area contributed by atoms with Crippen LogP contribution in [0.1, 0.15) is 16.7 Å². The first-order valence-corrected chi connectivity index (χ1v) is 11.5. The van der Waals surface area contributed by atoms with Crippen LogP contribution in [0.2, 0.25) is 0 Å². The van der Waals surface area contributed by atoms with Gasteiger partial charge in [0.25, 0.3) is 11.1 Å². The Kier molecular flexibility index (Phi) is 5.64. The summed E-state index contributed by atoms with van der Waals surface area (Å²) in [7, 11) is 1.57. The molecule has 2 aliphatic rings. The fourth-order valence-corrected chi connectivity index (χ4v) is 5.13. The van der Waals surface area contributed by atoms with E-state index in [-0.39, 0.29) is 17.4 Å². The van der Waals surface area contributed by atoms with Crippen LogP contribution in [-0.4, -0.2) is 47.1 Å². The molecule has 1 saturated heterocycles. The molecule has 6 nitrogen and oxygen atoms in total. The minimum absolute atomic E-state index is 0.226. The van der Waals surface area contributed by atoms with Crippen LogP contribution in [0.5, 0.6) is 5.75 Å². The van der Waals surface area contributed by atoms with Crippen LogP contribution >= 0.6 is 11.8 Å². The van der Waals surface area contributed by atoms with Gasteiger partial charge in [-0.25, -0.2) is 0 Å². The van der Waals surface area contributed by atoms with E-state index in [1.807, 2.05) is 54.6 Å². The number of hydrogen-bond acceptors (Lipinski definition) is 5. The molecule has 0 spiro atoms. The van der Waals surface area contributed by atoms with E-state index in [4.69, 9.17) is 4.74 Å². The first kappa shape index (κ1) is 21.3. The van der Waals surface area contributed by atoms with Crippen LogP contribution in [-0.2, 0) is 22.6 Å². The molecule has 7 heteroatoms. The Morgan fingerprint density at radius 2 is 1.79 bits per heavy atom. The number of amides is 3. The van der Waals surface area contributed by atoms with Crippen molar-refractivity contribution >= 4 is 45.7 Å². The molecule has 0 unspecified atom stereocenters. The third-order valence-corrected chi connectivity index (χ3v) is 6.98. The summed E-state index contributed by atoms with van der Waals surface area (Å²) < 4.78 is 5.50. The maximum absolute atomic E-state index is 13.1. The molecule has 166 valence electrons. The van der Waals surface area contributed by atoms with Crippen molar-refractivity contribution in [3.63, 3.8) is 0 Å². The van der Waals surface area contributed by atoms with Gasteiger partial charge in [-0.1, -0.05) is 54.6 Å². The third-order valence-electron chi connectivity index (χ3n) is 6.08. The number of fused-ring (bicyclic) bond motifs is 2. The molecule has 3 amide bonds. The molecule has 2 aliphatic heterocycles. The van der Waals surface area contributed by atoms with Crippen LogP contribution < -0.4 is 4.74 Å². The van der Waals surface area contributed by atoms with E-state index in [1.54, 1.807) is 18.1 Å². The number of imide groups is 1. The number of hydrogen-bond donors (Lipinski definition) is 0. The Labute approximate surface area is 195 Å². The molecule has 0 saturated carbocycles. The fraction of sp³-hybridized carbons (Fsp3) is 0.192. The molecule has 0 bridgehead atoms. The number of benzene rings is 3. The van der Waals surface area contributed by atoms with E-state index in [0.29, 0.717) is 18.8 Å². The second kappa shape index (κ2) is 8.75.